The molecule has 5 heteroatoms. The minimum absolute atomic E-state index is 0.544. The lowest BCUT2D eigenvalue weighted by molar-refractivity contribution is 0.710. The van der Waals surface area contributed by atoms with Gasteiger partial charge in [0.25, 0.3) is 0 Å². The molecular formula is C12H15ClN4. The summed E-state index contributed by atoms with van der Waals surface area (Å²) in [7, 11) is 1.90. The maximum atomic E-state index is 6.29. The quantitative estimate of drug-likeness (QED) is 0.909. The molecule has 2 heterocycles. The molecule has 4 nitrogen and oxygen atoms in total. The molecule has 0 bridgehead atoms. The summed E-state index contributed by atoms with van der Waals surface area (Å²) in [5, 5.41) is 5.11. The number of nitrogens with two attached hydrogens (primary N) is 1. The fourth-order valence-corrected chi connectivity index (χ4v) is 2.15. The van der Waals surface area contributed by atoms with Crippen molar-refractivity contribution < 1.29 is 0 Å². The topological polar surface area (TPSA) is 56.7 Å². The Morgan fingerprint density at radius 2 is 2.24 bits per heavy atom. The second kappa shape index (κ2) is 4.75. The Balaban J connectivity index is 2.37. The summed E-state index contributed by atoms with van der Waals surface area (Å²) in [6.45, 7) is 2.04. The smallest absolute Gasteiger partial charge is 0.126 e. The summed E-state index contributed by atoms with van der Waals surface area (Å²) in [6.07, 6.45) is 3.17. The zero-order valence-electron chi connectivity index (χ0n) is 9.94. The van der Waals surface area contributed by atoms with Crippen LogP contribution >= 0.6 is 11.6 Å². The number of aryl methyl sites for hydroxylation is 2. The summed E-state index contributed by atoms with van der Waals surface area (Å²) < 4.78 is 1.81. The first-order chi connectivity index (χ1) is 8.13. The number of halogens is 1. The van der Waals surface area contributed by atoms with Crippen molar-refractivity contribution in [1.82, 2.24) is 14.8 Å². The van der Waals surface area contributed by atoms with Crippen LogP contribution in [0.15, 0.2) is 18.3 Å². The van der Waals surface area contributed by atoms with E-state index >= 15 is 0 Å². The molecule has 2 N–H and O–H groups in total. The molecule has 0 aliphatic carbocycles. The molecule has 0 atom stereocenters. The molecule has 0 aromatic carbocycles. The summed E-state index contributed by atoms with van der Waals surface area (Å²) >= 11 is 6.29. The van der Waals surface area contributed by atoms with E-state index in [2.05, 4.69) is 10.1 Å². The molecule has 2 aromatic heterocycles. The minimum atomic E-state index is 0.544. The second-order valence-electron chi connectivity index (χ2n) is 3.91. The fourth-order valence-electron chi connectivity index (χ4n) is 1.79. The van der Waals surface area contributed by atoms with E-state index in [0.717, 1.165) is 28.4 Å². The van der Waals surface area contributed by atoms with E-state index in [4.69, 9.17) is 17.3 Å². The maximum Gasteiger partial charge on any atom is 0.126 e. The molecule has 0 saturated carbocycles. The van der Waals surface area contributed by atoms with Gasteiger partial charge in [-0.05, 0) is 12.5 Å². The van der Waals surface area contributed by atoms with Gasteiger partial charge in [0.1, 0.15) is 5.82 Å². The summed E-state index contributed by atoms with van der Waals surface area (Å²) in [5.74, 6) is 0.544. The molecule has 0 aliphatic rings. The molecule has 0 radical (unpaired) electrons. The number of hydrogen-bond donors (Lipinski definition) is 1. The molecule has 0 aliphatic heterocycles. The molecule has 17 heavy (non-hydrogen) atoms. The summed E-state index contributed by atoms with van der Waals surface area (Å²) in [5.41, 5.74) is 8.69. The van der Waals surface area contributed by atoms with Gasteiger partial charge >= 0.3 is 0 Å². The summed E-state index contributed by atoms with van der Waals surface area (Å²) in [6, 6.07) is 3.83. The standard InChI is InChI=1S/C12H15ClN4/c1-3-9-11(13)10(17(2)16-9)7-8-5-4-6-15-12(8)14/h4-6H,3,7H2,1-2H3,(H2,14,15). The van der Waals surface area contributed by atoms with Crippen molar-refractivity contribution in [3.63, 3.8) is 0 Å². The first-order valence-corrected chi connectivity index (χ1v) is 5.90. The zero-order valence-corrected chi connectivity index (χ0v) is 10.7. The van der Waals surface area contributed by atoms with Crippen molar-refractivity contribution in [3.05, 3.63) is 40.3 Å². The first kappa shape index (κ1) is 11.9. The Hall–Kier alpha value is -1.55. The molecule has 0 saturated heterocycles. The lowest BCUT2D eigenvalue weighted by Gasteiger charge is -2.05. The number of nitrogens with zero attached hydrogens (tertiary/aromatic N) is 3. The molecule has 2 aromatic rings. The van der Waals surface area contributed by atoms with Crippen LogP contribution in [0, 0.1) is 0 Å². The van der Waals surface area contributed by atoms with Crippen LogP contribution in [0.25, 0.3) is 0 Å². The van der Waals surface area contributed by atoms with E-state index < -0.39 is 0 Å². The zero-order chi connectivity index (χ0) is 12.4. The van der Waals surface area contributed by atoms with Gasteiger partial charge in [-0.1, -0.05) is 24.6 Å². The maximum absolute atomic E-state index is 6.29. The van der Waals surface area contributed by atoms with Gasteiger partial charge in [0.15, 0.2) is 0 Å². The predicted molar refractivity (Wildman–Crippen MR) is 69.1 cm³/mol. The van der Waals surface area contributed by atoms with E-state index in [0.29, 0.717) is 12.2 Å². The molecule has 0 fully saturated rings. The van der Waals surface area contributed by atoms with E-state index in [-0.39, 0.29) is 0 Å². The van der Waals surface area contributed by atoms with Crippen molar-refractivity contribution in [2.24, 2.45) is 7.05 Å². The van der Waals surface area contributed by atoms with Crippen LogP contribution in [-0.4, -0.2) is 14.8 Å². The van der Waals surface area contributed by atoms with Crippen LogP contribution in [0.1, 0.15) is 23.9 Å². The average Bonchev–Trinajstić information content (AvgIpc) is 2.59. The SMILES string of the molecule is CCc1nn(C)c(Cc2cccnc2N)c1Cl. The Bertz CT molecular complexity index is 533. The molecular weight excluding hydrogens is 236 g/mol. The van der Waals surface area contributed by atoms with Crippen molar-refractivity contribution in [2.75, 3.05) is 5.73 Å². The van der Waals surface area contributed by atoms with E-state index in [9.17, 15) is 0 Å². The highest BCUT2D eigenvalue weighted by Gasteiger charge is 2.14. The number of aromatic nitrogens is 3. The van der Waals surface area contributed by atoms with Crippen LogP contribution in [-0.2, 0) is 19.9 Å². The number of nitrogen functional groups attached to an aromatic ring is 1. The highest BCUT2D eigenvalue weighted by Crippen LogP contribution is 2.24. The third-order valence-electron chi connectivity index (χ3n) is 2.79. The lowest BCUT2D eigenvalue weighted by atomic mass is 10.1. The van der Waals surface area contributed by atoms with Crippen LogP contribution in [0.3, 0.4) is 0 Å². The first-order valence-electron chi connectivity index (χ1n) is 5.53. The second-order valence-corrected chi connectivity index (χ2v) is 4.29. The van der Waals surface area contributed by atoms with Gasteiger partial charge in [-0.25, -0.2) is 4.98 Å². The number of rotatable bonds is 3. The third-order valence-corrected chi connectivity index (χ3v) is 3.22. The highest BCUT2D eigenvalue weighted by molar-refractivity contribution is 6.31. The van der Waals surface area contributed by atoms with E-state index in [1.165, 1.54) is 0 Å². The number of hydrogen-bond acceptors (Lipinski definition) is 3. The van der Waals surface area contributed by atoms with Gasteiger partial charge in [-0.15, -0.1) is 0 Å². The van der Waals surface area contributed by atoms with Crippen molar-refractivity contribution in [1.29, 1.82) is 0 Å². The molecule has 0 unspecified atom stereocenters. The molecule has 0 spiro atoms. The third kappa shape index (κ3) is 2.26. The van der Waals surface area contributed by atoms with Gasteiger partial charge in [0.2, 0.25) is 0 Å². The minimum Gasteiger partial charge on any atom is -0.383 e. The van der Waals surface area contributed by atoms with Crippen LogP contribution in [0.2, 0.25) is 5.02 Å². The van der Waals surface area contributed by atoms with Crippen LogP contribution < -0.4 is 5.73 Å². The van der Waals surface area contributed by atoms with Gasteiger partial charge in [0, 0.05) is 25.2 Å². The van der Waals surface area contributed by atoms with Crippen molar-refractivity contribution >= 4 is 17.4 Å². The highest BCUT2D eigenvalue weighted by atomic mass is 35.5. The Kier molecular flexibility index (Phi) is 3.33. The molecule has 0 amide bonds. The van der Waals surface area contributed by atoms with E-state index in [1.54, 1.807) is 6.20 Å². The van der Waals surface area contributed by atoms with Crippen molar-refractivity contribution in [2.45, 2.75) is 19.8 Å². The van der Waals surface area contributed by atoms with Gasteiger partial charge in [-0.3, -0.25) is 4.68 Å². The summed E-state index contributed by atoms with van der Waals surface area (Å²) in [4.78, 5) is 4.07. The van der Waals surface area contributed by atoms with Crippen molar-refractivity contribution in [3.8, 4) is 0 Å². The van der Waals surface area contributed by atoms with Crippen LogP contribution in [0.5, 0.6) is 0 Å². The number of anilines is 1. The average molecular weight is 251 g/mol. The van der Waals surface area contributed by atoms with E-state index in [1.807, 2.05) is 30.8 Å². The largest absolute Gasteiger partial charge is 0.383 e. The normalized spacial score (nSPS) is 10.8. The van der Waals surface area contributed by atoms with Gasteiger partial charge in [-0.2, -0.15) is 5.10 Å². The number of pyridine rings is 1. The Morgan fingerprint density at radius 3 is 2.82 bits per heavy atom. The monoisotopic (exact) mass is 250 g/mol. The Labute approximate surface area is 105 Å². The van der Waals surface area contributed by atoms with Crippen LogP contribution in [0.4, 0.5) is 5.82 Å². The Morgan fingerprint density at radius 1 is 1.47 bits per heavy atom. The lowest BCUT2D eigenvalue weighted by Crippen LogP contribution is -2.03. The van der Waals surface area contributed by atoms with Gasteiger partial charge < -0.3 is 5.73 Å². The molecule has 90 valence electrons. The van der Waals surface area contributed by atoms with Gasteiger partial charge in [0.05, 0.1) is 16.4 Å². The predicted octanol–water partition coefficient (Wildman–Crippen LogP) is 2.20. The fraction of sp³-hybridized carbons (Fsp3) is 0.333. The molecule has 2 rings (SSSR count).